The first-order valence-corrected chi connectivity index (χ1v) is 8.21. The van der Waals surface area contributed by atoms with Crippen molar-refractivity contribution in [1.29, 1.82) is 0 Å². The number of aryl methyl sites for hydroxylation is 1. The highest BCUT2D eigenvalue weighted by Crippen LogP contribution is 2.24. The maximum Gasteiger partial charge on any atom is 0.238 e. The van der Waals surface area contributed by atoms with Crippen molar-refractivity contribution in [3.05, 3.63) is 34.7 Å². The molecule has 0 bridgehead atoms. The first kappa shape index (κ1) is 15.1. The van der Waals surface area contributed by atoms with Crippen molar-refractivity contribution in [2.75, 3.05) is 38.2 Å². The highest BCUT2D eigenvalue weighted by Gasteiger charge is 2.14. The number of amides is 1. The maximum atomic E-state index is 12.1. The Morgan fingerprint density at radius 3 is 2.95 bits per heavy atom. The second-order valence-electron chi connectivity index (χ2n) is 5.27. The molecule has 6 heteroatoms. The zero-order chi connectivity index (χ0) is 15.4. The lowest BCUT2D eigenvalue weighted by Crippen LogP contribution is -2.41. The van der Waals surface area contributed by atoms with Crippen LogP contribution in [0.2, 0.25) is 0 Å². The van der Waals surface area contributed by atoms with Crippen LogP contribution in [0.3, 0.4) is 0 Å². The van der Waals surface area contributed by atoms with E-state index in [1.54, 1.807) is 11.3 Å². The molecule has 1 fully saturated rings. The predicted molar refractivity (Wildman–Crippen MR) is 88.2 cm³/mol. The summed E-state index contributed by atoms with van der Waals surface area (Å²) < 4.78 is 5.29. The largest absolute Gasteiger partial charge is 0.379 e. The molecule has 0 atom stereocenters. The molecule has 0 saturated carbocycles. The van der Waals surface area contributed by atoms with Gasteiger partial charge in [0, 0.05) is 29.7 Å². The van der Waals surface area contributed by atoms with Crippen molar-refractivity contribution in [2.45, 2.75) is 6.92 Å². The number of hydrogen-bond acceptors (Lipinski definition) is 5. The smallest absolute Gasteiger partial charge is 0.238 e. The number of carbonyl (C=O) groups is 1. The van der Waals surface area contributed by atoms with Crippen LogP contribution < -0.4 is 5.32 Å². The van der Waals surface area contributed by atoms with E-state index in [1.807, 2.05) is 36.6 Å². The summed E-state index contributed by atoms with van der Waals surface area (Å²) in [7, 11) is 0. The molecule has 1 aliphatic rings. The van der Waals surface area contributed by atoms with E-state index in [9.17, 15) is 4.79 Å². The Morgan fingerprint density at radius 2 is 2.23 bits per heavy atom. The zero-order valence-corrected chi connectivity index (χ0v) is 13.4. The molecular formula is C16H19N3O2S. The molecule has 0 radical (unpaired) electrons. The number of ether oxygens (including phenoxy) is 1. The molecule has 1 saturated heterocycles. The van der Waals surface area contributed by atoms with E-state index in [0.29, 0.717) is 19.8 Å². The fourth-order valence-electron chi connectivity index (χ4n) is 2.42. The normalized spacial score (nSPS) is 15.7. The van der Waals surface area contributed by atoms with Gasteiger partial charge in [-0.1, -0.05) is 12.1 Å². The topological polar surface area (TPSA) is 54.5 Å². The van der Waals surface area contributed by atoms with Gasteiger partial charge in [0.1, 0.15) is 0 Å². The number of benzene rings is 1. The Labute approximate surface area is 133 Å². The molecular weight excluding hydrogens is 298 g/mol. The Hall–Kier alpha value is -1.76. The van der Waals surface area contributed by atoms with Crippen LogP contribution >= 0.6 is 11.3 Å². The summed E-state index contributed by atoms with van der Waals surface area (Å²) in [6, 6.07) is 7.81. The number of rotatable bonds is 4. The van der Waals surface area contributed by atoms with Crippen molar-refractivity contribution in [1.82, 2.24) is 9.88 Å². The standard InChI is InChI=1S/C16H19N3O2S/c1-12-17-15(11-22-12)13-3-2-4-14(9-13)18-16(20)10-19-5-7-21-8-6-19/h2-4,9,11H,5-8,10H2,1H3,(H,18,20). The minimum Gasteiger partial charge on any atom is -0.379 e. The number of anilines is 1. The van der Waals surface area contributed by atoms with Crippen molar-refractivity contribution in [3.8, 4) is 11.3 Å². The number of thiazole rings is 1. The number of hydrogen-bond donors (Lipinski definition) is 1. The molecule has 1 aromatic heterocycles. The van der Waals surface area contributed by atoms with Crippen LogP contribution in [0, 0.1) is 6.92 Å². The van der Waals surface area contributed by atoms with Gasteiger partial charge in [-0.05, 0) is 19.1 Å². The summed E-state index contributed by atoms with van der Waals surface area (Å²) in [5.41, 5.74) is 2.78. The highest BCUT2D eigenvalue weighted by molar-refractivity contribution is 7.09. The summed E-state index contributed by atoms with van der Waals surface area (Å²) in [4.78, 5) is 18.7. The van der Waals surface area contributed by atoms with Crippen LogP contribution in [0.25, 0.3) is 11.3 Å². The molecule has 1 N–H and O–H groups in total. The van der Waals surface area contributed by atoms with Crippen LogP contribution in [0.5, 0.6) is 0 Å². The van der Waals surface area contributed by atoms with E-state index in [4.69, 9.17) is 4.74 Å². The number of nitrogens with one attached hydrogen (secondary N) is 1. The van der Waals surface area contributed by atoms with E-state index < -0.39 is 0 Å². The molecule has 2 aromatic rings. The van der Waals surface area contributed by atoms with Gasteiger partial charge < -0.3 is 10.1 Å². The minimum atomic E-state index is 0.00788. The summed E-state index contributed by atoms with van der Waals surface area (Å²) in [5.74, 6) is 0.00788. The van der Waals surface area contributed by atoms with Gasteiger partial charge in [-0.25, -0.2) is 4.98 Å². The number of nitrogens with zero attached hydrogens (tertiary/aromatic N) is 2. The van der Waals surface area contributed by atoms with Crippen molar-refractivity contribution in [3.63, 3.8) is 0 Å². The second-order valence-corrected chi connectivity index (χ2v) is 6.33. The Bertz CT molecular complexity index is 650. The van der Waals surface area contributed by atoms with Gasteiger partial charge in [-0.15, -0.1) is 11.3 Å². The third-order valence-corrected chi connectivity index (χ3v) is 4.31. The molecule has 2 heterocycles. The zero-order valence-electron chi connectivity index (χ0n) is 12.5. The highest BCUT2D eigenvalue weighted by atomic mass is 32.1. The second kappa shape index (κ2) is 7.00. The van der Waals surface area contributed by atoms with Gasteiger partial charge in [0.05, 0.1) is 30.5 Å². The molecule has 1 amide bonds. The molecule has 3 rings (SSSR count). The molecule has 0 unspecified atom stereocenters. The van der Waals surface area contributed by atoms with Crippen LogP contribution in [0.4, 0.5) is 5.69 Å². The van der Waals surface area contributed by atoms with Gasteiger partial charge >= 0.3 is 0 Å². The Kier molecular flexibility index (Phi) is 4.82. The molecule has 0 spiro atoms. The van der Waals surface area contributed by atoms with E-state index >= 15 is 0 Å². The van der Waals surface area contributed by atoms with Crippen LogP contribution in [0.15, 0.2) is 29.6 Å². The molecule has 5 nitrogen and oxygen atoms in total. The van der Waals surface area contributed by atoms with Gasteiger partial charge in [0.2, 0.25) is 5.91 Å². The van der Waals surface area contributed by atoms with E-state index in [2.05, 4.69) is 15.2 Å². The predicted octanol–water partition coefficient (Wildman–Crippen LogP) is 2.39. The first-order chi connectivity index (χ1) is 10.7. The number of morpholine rings is 1. The van der Waals surface area contributed by atoms with Crippen molar-refractivity contribution in [2.24, 2.45) is 0 Å². The Balaban J connectivity index is 1.63. The molecule has 1 aliphatic heterocycles. The quantitative estimate of drug-likeness (QED) is 0.941. The fraction of sp³-hybridized carbons (Fsp3) is 0.375. The summed E-state index contributed by atoms with van der Waals surface area (Å²) >= 11 is 1.63. The summed E-state index contributed by atoms with van der Waals surface area (Å²) in [6.45, 7) is 5.42. The lowest BCUT2D eigenvalue weighted by molar-refractivity contribution is -0.118. The number of carbonyl (C=O) groups excluding carboxylic acids is 1. The van der Waals surface area contributed by atoms with Crippen LogP contribution in [0.1, 0.15) is 5.01 Å². The van der Waals surface area contributed by atoms with Crippen molar-refractivity contribution < 1.29 is 9.53 Å². The summed E-state index contributed by atoms with van der Waals surface area (Å²) in [6.07, 6.45) is 0. The van der Waals surface area contributed by atoms with Crippen LogP contribution in [-0.2, 0) is 9.53 Å². The van der Waals surface area contributed by atoms with Gasteiger partial charge in [-0.2, -0.15) is 0 Å². The molecule has 22 heavy (non-hydrogen) atoms. The molecule has 0 aliphatic carbocycles. The monoisotopic (exact) mass is 317 g/mol. The average Bonchev–Trinajstić information content (AvgIpc) is 2.95. The van der Waals surface area contributed by atoms with Crippen LogP contribution in [-0.4, -0.2) is 48.6 Å². The molecule has 116 valence electrons. The Morgan fingerprint density at radius 1 is 1.41 bits per heavy atom. The lowest BCUT2D eigenvalue weighted by atomic mass is 10.1. The SMILES string of the molecule is Cc1nc(-c2cccc(NC(=O)CN3CCOCC3)c2)cs1. The van der Waals surface area contributed by atoms with Gasteiger partial charge in [0.25, 0.3) is 0 Å². The van der Waals surface area contributed by atoms with E-state index in [0.717, 1.165) is 35.0 Å². The third-order valence-electron chi connectivity index (χ3n) is 3.53. The van der Waals surface area contributed by atoms with E-state index in [1.165, 1.54) is 0 Å². The number of aromatic nitrogens is 1. The fourth-order valence-corrected chi connectivity index (χ4v) is 3.04. The summed E-state index contributed by atoms with van der Waals surface area (Å²) in [5, 5.41) is 6.03. The maximum absolute atomic E-state index is 12.1. The first-order valence-electron chi connectivity index (χ1n) is 7.33. The lowest BCUT2D eigenvalue weighted by Gasteiger charge is -2.25. The average molecular weight is 317 g/mol. The van der Waals surface area contributed by atoms with Crippen molar-refractivity contribution >= 4 is 22.9 Å². The van der Waals surface area contributed by atoms with E-state index in [-0.39, 0.29) is 5.91 Å². The minimum absolute atomic E-state index is 0.00788. The van der Waals surface area contributed by atoms with Gasteiger partial charge in [-0.3, -0.25) is 9.69 Å². The van der Waals surface area contributed by atoms with Gasteiger partial charge in [0.15, 0.2) is 0 Å². The third kappa shape index (κ3) is 3.91. The molecule has 1 aromatic carbocycles.